The Morgan fingerprint density at radius 1 is 1.53 bits per heavy atom. The van der Waals surface area contributed by atoms with Crippen molar-refractivity contribution < 1.29 is 9.90 Å². The van der Waals surface area contributed by atoms with E-state index < -0.39 is 0 Å². The van der Waals surface area contributed by atoms with Crippen LogP contribution >= 0.6 is 11.8 Å². The summed E-state index contributed by atoms with van der Waals surface area (Å²) in [7, 11) is 0. The molecular formula is C15H17NO2S. The summed E-state index contributed by atoms with van der Waals surface area (Å²) in [5.41, 5.74) is 1.64. The molecule has 1 aliphatic rings. The fourth-order valence-corrected chi connectivity index (χ4v) is 3.10. The van der Waals surface area contributed by atoms with Gasteiger partial charge in [0.25, 0.3) is 0 Å². The third-order valence-corrected chi connectivity index (χ3v) is 4.06. The quantitative estimate of drug-likeness (QED) is 0.831. The molecule has 4 heteroatoms. The molecule has 0 radical (unpaired) electrons. The van der Waals surface area contributed by atoms with Crippen molar-refractivity contribution in [1.29, 1.82) is 0 Å². The minimum absolute atomic E-state index is 0.0722. The molecule has 100 valence electrons. The Morgan fingerprint density at radius 3 is 3.16 bits per heavy atom. The Labute approximate surface area is 117 Å². The van der Waals surface area contributed by atoms with E-state index in [9.17, 15) is 4.79 Å². The number of anilines is 1. The second kappa shape index (κ2) is 7.22. The molecule has 1 amide bonds. The van der Waals surface area contributed by atoms with E-state index >= 15 is 0 Å². The summed E-state index contributed by atoms with van der Waals surface area (Å²) in [4.78, 5) is 12.0. The van der Waals surface area contributed by atoms with Crippen LogP contribution in [0.3, 0.4) is 0 Å². The SMILES string of the molecule is O=C(Nc1cccc(C#CCCO)c1)C1CCSC1. The van der Waals surface area contributed by atoms with Gasteiger partial charge >= 0.3 is 0 Å². The zero-order chi connectivity index (χ0) is 13.5. The molecule has 0 saturated carbocycles. The summed E-state index contributed by atoms with van der Waals surface area (Å²) >= 11 is 1.83. The second-order valence-electron chi connectivity index (χ2n) is 4.41. The number of amides is 1. The monoisotopic (exact) mass is 275 g/mol. The number of hydrogen-bond acceptors (Lipinski definition) is 3. The van der Waals surface area contributed by atoms with Gasteiger partial charge in [-0.1, -0.05) is 17.9 Å². The maximum Gasteiger partial charge on any atom is 0.228 e. The van der Waals surface area contributed by atoms with Crippen LogP contribution in [0.4, 0.5) is 5.69 Å². The van der Waals surface area contributed by atoms with Crippen molar-refractivity contribution in [3.8, 4) is 11.8 Å². The molecule has 1 saturated heterocycles. The Balaban J connectivity index is 1.98. The zero-order valence-electron chi connectivity index (χ0n) is 10.7. The third-order valence-electron chi connectivity index (χ3n) is 2.90. The van der Waals surface area contributed by atoms with E-state index in [2.05, 4.69) is 17.2 Å². The van der Waals surface area contributed by atoms with Crippen LogP contribution in [0.25, 0.3) is 0 Å². The topological polar surface area (TPSA) is 49.3 Å². The normalized spacial score (nSPS) is 17.6. The molecule has 1 aliphatic heterocycles. The predicted molar refractivity (Wildman–Crippen MR) is 79.1 cm³/mol. The lowest BCUT2D eigenvalue weighted by molar-refractivity contribution is -0.119. The first-order valence-corrected chi connectivity index (χ1v) is 7.53. The van der Waals surface area contributed by atoms with Gasteiger partial charge in [-0.3, -0.25) is 4.79 Å². The highest BCUT2D eigenvalue weighted by Gasteiger charge is 2.22. The smallest absolute Gasteiger partial charge is 0.228 e. The highest BCUT2D eigenvalue weighted by molar-refractivity contribution is 7.99. The summed E-state index contributed by atoms with van der Waals surface area (Å²) in [6.07, 6.45) is 1.43. The molecule has 1 heterocycles. The largest absolute Gasteiger partial charge is 0.395 e. The third kappa shape index (κ3) is 4.30. The summed E-state index contributed by atoms with van der Waals surface area (Å²) < 4.78 is 0. The minimum Gasteiger partial charge on any atom is -0.395 e. The Morgan fingerprint density at radius 2 is 2.42 bits per heavy atom. The number of benzene rings is 1. The number of aliphatic hydroxyl groups excluding tert-OH is 1. The molecule has 1 atom stereocenters. The van der Waals surface area contributed by atoms with E-state index in [1.807, 2.05) is 36.0 Å². The minimum atomic E-state index is 0.0722. The first-order valence-electron chi connectivity index (χ1n) is 6.38. The first-order chi connectivity index (χ1) is 9.29. The number of carbonyl (C=O) groups is 1. The average molecular weight is 275 g/mol. The molecule has 0 aromatic heterocycles. The maximum absolute atomic E-state index is 12.0. The molecule has 1 aromatic rings. The average Bonchev–Trinajstić information content (AvgIpc) is 2.93. The fourth-order valence-electron chi connectivity index (χ4n) is 1.88. The molecule has 0 spiro atoms. The van der Waals surface area contributed by atoms with Gasteiger partial charge in [-0.05, 0) is 30.4 Å². The van der Waals surface area contributed by atoms with Gasteiger partial charge in [0.15, 0.2) is 0 Å². The van der Waals surface area contributed by atoms with Gasteiger partial charge < -0.3 is 10.4 Å². The summed E-state index contributed by atoms with van der Waals surface area (Å²) in [5, 5.41) is 11.6. The van der Waals surface area contributed by atoms with Crippen LogP contribution in [0.2, 0.25) is 0 Å². The first kappa shape index (κ1) is 14.0. The molecule has 2 N–H and O–H groups in total. The number of aliphatic hydroxyl groups is 1. The molecular weight excluding hydrogens is 258 g/mol. The van der Waals surface area contributed by atoms with E-state index in [-0.39, 0.29) is 18.4 Å². The van der Waals surface area contributed by atoms with Crippen molar-refractivity contribution in [3.63, 3.8) is 0 Å². The molecule has 1 aromatic carbocycles. The van der Waals surface area contributed by atoms with Crippen molar-refractivity contribution in [2.45, 2.75) is 12.8 Å². The summed E-state index contributed by atoms with van der Waals surface area (Å²) in [6, 6.07) is 7.51. The van der Waals surface area contributed by atoms with Crippen molar-refractivity contribution in [3.05, 3.63) is 29.8 Å². The number of nitrogens with one attached hydrogen (secondary N) is 1. The summed E-state index contributed by atoms with van der Waals surface area (Å²) in [6.45, 7) is 0.0722. The molecule has 3 nitrogen and oxygen atoms in total. The highest BCUT2D eigenvalue weighted by atomic mass is 32.2. The lowest BCUT2D eigenvalue weighted by Crippen LogP contribution is -2.22. The van der Waals surface area contributed by atoms with Gasteiger partial charge in [0, 0.05) is 29.3 Å². The lowest BCUT2D eigenvalue weighted by Gasteiger charge is -2.09. The summed E-state index contributed by atoms with van der Waals surface area (Å²) in [5.74, 6) is 8.06. The van der Waals surface area contributed by atoms with Crippen LogP contribution in [0.5, 0.6) is 0 Å². The van der Waals surface area contributed by atoms with Gasteiger partial charge in [0.2, 0.25) is 5.91 Å². The van der Waals surface area contributed by atoms with E-state index in [0.29, 0.717) is 6.42 Å². The van der Waals surface area contributed by atoms with Crippen molar-refractivity contribution in [2.24, 2.45) is 5.92 Å². The number of hydrogen-bond donors (Lipinski definition) is 2. The van der Waals surface area contributed by atoms with Crippen molar-refractivity contribution >= 4 is 23.4 Å². The molecule has 1 unspecified atom stereocenters. The fraction of sp³-hybridized carbons (Fsp3) is 0.400. The number of rotatable bonds is 3. The molecule has 2 rings (SSSR count). The molecule has 0 aliphatic carbocycles. The lowest BCUT2D eigenvalue weighted by atomic mass is 10.1. The second-order valence-corrected chi connectivity index (χ2v) is 5.56. The van der Waals surface area contributed by atoms with Gasteiger partial charge in [0.1, 0.15) is 0 Å². The Hall–Kier alpha value is -1.44. The van der Waals surface area contributed by atoms with Crippen molar-refractivity contribution in [2.75, 3.05) is 23.4 Å². The van der Waals surface area contributed by atoms with Crippen LogP contribution < -0.4 is 5.32 Å². The van der Waals surface area contributed by atoms with E-state index in [1.54, 1.807) is 0 Å². The molecule has 0 bridgehead atoms. The van der Waals surface area contributed by atoms with Crippen LogP contribution in [-0.4, -0.2) is 29.1 Å². The van der Waals surface area contributed by atoms with E-state index in [4.69, 9.17) is 5.11 Å². The molecule has 1 fully saturated rings. The van der Waals surface area contributed by atoms with Crippen LogP contribution in [0, 0.1) is 17.8 Å². The van der Waals surface area contributed by atoms with Crippen LogP contribution in [0.15, 0.2) is 24.3 Å². The Bertz CT molecular complexity index is 498. The van der Waals surface area contributed by atoms with Crippen LogP contribution in [-0.2, 0) is 4.79 Å². The number of thioether (sulfide) groups is 1. The standard InChI is InChI=1S/C15H17NO2S/c17-8-2-1-4-12-5-3-6-14(10-12)16-15(18)13-7-9-19-11-13/h3,5-6,10,13,17H,2,7-9,11H2,(H,16,18). The molecule has 19 heavy (non-hydrogen) atoms. The van der Waals surface area contributed by atoms with Crippen LogP contribution in [0.1, 0.15) is 18.4 Å². The van der Waals surface area contributed by atoms with Crippen molar-refractivity contribution in [1.82, 2.24) is 0 Å². The highest BCUT2D eigenvalue weighted by Crippen LogP contribution is 2.24. The number of carbonyl (C=O) groups excluding carboxylic acids is 1. The van der Waals surface area contributed by atoms with Gasteiger partial charge in [-0.25, -0.2) is 0 Å². The van der Waals surface area contributed by atoms with E-state index in [0.717, 1.165) is 29.2 Å². The van der Waals surface area contributed by atoms with E-state index in [1.165, 1.54) is 0 Å². The van der Waals surface area contributed by atoms with Gasteiger partial charge in [-0.15, -0.1) is 0 Å². The maximum atomic E-state index is 12.0. The van der Waals surface area contributed by atoms with Gasteiger partial charge in [0.05, 0.1) is 6.61 Å². The Kier molecular flexibility index (Phi) is 5.31. The predicted octanol–water partition coefficient (Wildman–Crippen LogP) is 2.11. The van der Waals surface area contributed by atoms with Gasteiger partial charge in [-0.2, -0.15) is 11.8 Å². The zero-order valence-corrected chi connectivity index (χ0v) is 11.5.